The minimum atomic E-state index is -0.495. The molecule has 104 valence electrons. The number of carbonyl (C=O) groups excluding carboxylic acids is 3. The molecule has 0 saturated carbocycles. The zero-order valence-electron chi connectivity index (χ0n) is 10.7. The third-order valence-electron chi connectivity index (χ3n) is 2.27. The first kappa shape index (κ1) is 14.9. The maximum atomic E-state index is 11.6. The van der Waals surface area contributed by atoms with Gasteiger partial charge in [0.2, 0.25) is 5.78 Å². The van der Waals surface area contributed by atoms with E-state index in [1.807, 2.05) is 0 Å². The minimum Gasteiger partial charge on any atom is -0.461 e. The van der Waals surface area contributed by atoms with Crippen molar-refractivity contribution in [3.05, 3.63) is 23.2 Å². The average Bonchev–Trinajstić information content (AvgIpc) is 2.75. The van der Waals surface area contributed by atoms with E-state index in [0.717, 1.165) is 0 Å². The first-order valence-corrected chi connectivity index (χ1v) is 5.55. The highest BCUT2D eigenvalue weighted by Crippen LogP contribution is 2.20. The summed E-state index contributed by atoms with van der Waals surface area (Å²) in [5.74, 6) is -1.36. The average molecular weight is 269 g/mol. The Bertz CT molecular complexity index is 490. The number of nitrogens with two attached hydrogens (primary N) is 1. The second-order valence-corrected chi connectivity index (χ2v) is 3.76. The van der Waals surface area contributed by atoms with Gasteiger partial charge in [0.25, 0.3) is 0 Å². The van der Waals surface area contributed by atoms with Crippen LogP contribution in [-0.4, -0.2) is 24.3 Å². The molecular weight excluding hydrogens is 254 g/mol. The first-order chi connectivity index (χ1) is 8.95. The van der Waals surface area contributed by atoms with E-state index in [1.54, 1.807) is 0 Å². The third kappa shape index (κ3) is 4.22. The van der Waals surface area contributed by atoms with Gasteiger partial charge in [0.1, 0.15) is 13.2 Å². The van der Waals surface area contributed by atoms with Gasteiger partial charge in [-0.25, -0.2) is 0 Å². The van der Waals surface area contributed by atoms with E-state index in [1.165, 1.54) is 20.1 Å². The molecule has 0 aromatic carbocycles. The van der Waals surface area contributed by atoms with Crippen molar-refractivity contribution in [2.75, 3.05) is 6.54 Å². The summed E-state index contributed by atoms with van der Waals surface area (Å²) < 4.78 is 14.8. The highest BCUT2D eigenvalue weighted by molar-refractivity contribution is 5.96. The predicted molar refractivity (Wildman–Crippen MR) is 63.0 cm³/mol. The van der Waals surface area contributed by atoms with Crippen LogP contribution in [0, 0.1) is 0 Å². The molecule has 0 aliphatic rings. The van der Waals surface area contributed by atoms with Crippen molar-refractivity contribution in [2.24, 2.45) is 5.73 Å². The van der Waals surface area contributed by atoms with Crippen molar-refractivity contribution in [3.8, 4) is 0 Å². The molecule has 0 saturated heterocycles. The van der Waals surface area contributed by atoms with Crippen molar-refractivity contribution >= 4 is 17.7 Å². The summed E-state index contributed by atoms with van der Waals surface area (Å²) in [7, 11) is 0. The summed E-state index contributed by atoms with van der Waals surface area (Å²) in [5, 5.41) is 0. The van der Waals surface area contributed by atoms with Gasteiger partial charge >= 0.3 is 11.9 Å². The molecule has 0 fully saturated rings. The number of carbonyl (C=O) groups is 3. The maximum Gasteiger partial charge on any atom is 0.302 e. The molecule has 0 bridgehead atoms. The molecule has 0 unspecified atom stereocenters. The topological polar surface area (TPSA) is 109 Å². The number of esters is 2. The molecule has 7 nitrogen and oxygen atoms in total. The largest absolute Gasteiger partial charge is 0.461 e. The first-order valence-electron chi connectivity index (χ1n) is 5.55. The molecule has 0 amide bonds. The van der Waals surface area contributed by atoms with E-state index in [2.05, 4.69) is 0 Å². The zero-order chi connectivity index (χ0) is 14.4. The van der Waals surface area contributed by atoms with Gasteiger partial charge in [-0.3, -0.25) is 14.4 Å². The fourth-order valence-electron chi connectivity index (χ4n) is 1.38. The Morgan fingerprint density at radius 1 is 1.16 bits per heavy atom. The van der Waals surface area contributed by atoms with Gasteiger partial charge in [-0.15, -0.1) is 0 Å². The predicted octanol–water partition coefficient (Wildman–Crippen LogP) is 0.547. The summed E-state index contributed by atoms with van der Waals surface area (Å²) in [6, 6.07) is 0. The molecule has 1 heterocycles. The quantitative estimate of drug-likeness (QED) is 0.593. The highest BCUT2D eigenvalue weighted by atomic mass is 16.5. The number of Topliss-reactive ketones (excluding diaryl/α,β-unsaturated/α-hetero) is 1. The minimum absolute atomic E-state index is 0.0194. The van der Waals surface area contributed by atoms with E-state index in [9.17, 15) is 14.4 Å². The summed E-state index contributed by atoms with van der Waals surface area (Å²) in [5.41, 5.74) is 6.09. The van der Waals surface area contributed by atoms with Crippen LogP contribution in [0.15, 0.2) is 10.7 Å². The Kier molecular flexibility index (Phi) is 5.25. The lowest BCUT2D eigenvalue weighted by atomic mass is 10.1. The molecule has 1 rings (SSSR count). The van der Waals surface area contributed by atoms with Gasteiger partial charge in [-0.05, 0) is 0 Å². The van der Waals surface area contributed by atoms with Crippen molar-refractivity contribution in [2.45, 2.75) is 27.1 Å². The summed E-state index contributed by atoms with van der Waals surface area (Å²) in [4.78, 5) is 33.1. The van der Waals surface area contributed by atoms with E-state index in [4.69, 9.17) is 19.6 Å². The van der Waals surface area contributed by atoms with E-state index >= 15 is 0 Å². The lowest BCUT2D eigenvalue weighted by molar-refractivity contribution is -0.143. The van der Waals surface area contributed by atoms with Gasteiger partial charge in [-0.2, -0.15) is 0 Å². The molecule has 0 aliphatic carbocycles. The Morgan fingerprint density at radius 2 is 1.74 bits per heavy atom. The number of hydrogen-bond acceptors (Lipinski definition) is 7. The van der Waals surface area contributed by atoms with Crippen LogP contribution in [0.25, 0.3) is 0 Å². The summed E-state index contributed by atoms with van der Waals surface area (Å²) in [6.45, 7) is 2.08. The number of ketones is 1. The molecule has 2 N–H and O–H groups in total. The standard InChI is InChI=1S/C12H15NO6/c1-7(14)17-4-9-5-19-12(11(16)3-13)10(9)6-18-8(2)15/h5H,3-4,6,13H2,1-2H3. The summed E-state index contributed by atoms with van der Waals surface area (Å²) in [6.07, 6.45) is 1.28. The molecule has 1 aromatic heterocycles. The van der Waals surface area contributed by atoms with Crippen LogP contribution >= 0.6 is 0 Å². The molecule has 7 heteroatoms. The fourth-order valence-corrected chi connectivity index (χ4v) is 1.38. The SMILES string of the molecule is CC(=O)OCc1coc(C(=O)CN)c1COC(C)=O. The lowest BCUT2D eigenvalue weighted by Gasteiger charge is -2.05. The van der Waals surface area contributed by atoms with Crippen molar-refractivity contribution in [1.82, 2.24) is 0 Å². The van der Waals surface area contributed by atoms with Crippen molar-refractivity contribution in [1.29, 1.82) is 0 Å². The van der Waals surface area contributed by atoms with Gasteiger partial charge in [0, 0.05) is 25.0 Å². The van der Waals surface area contributed by atoms with Crippen LogP contribution < -0.4 is 5.73 Å². The number of rotatable bonds is 6. The smallest absolute Gasteiger partial charge is 0.302 e. The molecular formula is C12H15NO6. The van der Waals surface area contributed by atoms with Crippen LogP contribution in [0.1, 0.15) is 35.5 Å². The third-order valence-corrected chi connectivity index (χ3v) is 2.27. The lowest BCUT2D eigenvalue weighted by Crippen LogP contribution is -2.15. The Labute approximate surface area is 109 Å². The Hall–Kier alpha value is -2.15. The Morgan fingerprint density at radius 3 is 2.26 bits per heavy atom. The van der Waals surface area contributed by atoms with Crippen LogP contribution in [0.4, 0.5) is 0 Å². The number of hydrogen-bond donors (Lipinski definition) is 1. The van der Waals surface area contributed by atoms with Gasteiger partial charge in [0.15, 0.2) is 5.76 Å². The fraction of sp³-hybridized carbons (Fsp3) is 0.417. The molecule has 19 heavy (non-hydrogen) atoms. The molecule has 0 radical (unpaired) electrons. The second-order valence-electron chi connectivity index (χ2n) is 3.76. The van der Waals surface area contributed by atoms with Crippen molar-refractivity contribution in [3.63, 3.8) is 0 Å². The molecule has 0 aliphatic heterocycles. The summed E-state index contributed by atoms with van der Waals surface area (Å²) >= 11 is 0. The maximum absolute atomic E-state index is 11.6. The number of furan rings is 1. The van der Waals surface area contributed by atoms with E-state index in [-0.39, 0.29) is 25.5 Å². The highest BCUT2D eigenvalue weighted by Gasteiger charge is 2.20. The van der Waals surface area contributed by atoms with E-state index in [0.29, 0.717) is 11.1 Å². The van der Waals surface area contributed by atoms with Crippen LogP contribution in [0.5, 0.6) is 0 Å². The van der Waals surface area contributed by atoms with Crippen LogP contribution in [-0.2, 0) is 32.3 Å². The van der Waals surface area contributed by atoms with Crippen LogP contribution in [0.2, 0.25) is 0 Å². The molecule has 0 atom stereocenters. The molecule has 1 aromatic rings. The van der Waals surface area contributed by atoms with Gasteiger partial charge < -0.3 is 19.6 Å². The van der Waals surface area contributed by atoms with Crippen molar-refractivity contribution < 1.29 is 28.3 Å². The zero-order valence-corrected chi connectivity index (χ0v) is 10.7. The Balaban J connectivity index is 2.95. The normalized spacial score (nSPS) is 10.1. The number of ether oxygens (including phenoxy) is 2. The van der Waals surface area contributed by atoms with E-state index < -0.39 is 17.7 Å². The monoisotopic (exact) mass is 269 g/mol. The second kappa shape index (κ2) is 6.69. The van der Waals surface area contributed by atoms with Crippen LogP contribution in [0.3, 0.4) is 0 Å². The molecule has 0 spiro atoms. The van der Waals surface area contributed by atoms with Gasteiger partial charge in [-0.1, -0.05) is 0 Å². The van der Waals surface area contributed by atoms with Gasteiger partial charge in [0.05, 0.1) is 12.8 Å².